The second-order valence-electron chi connectivity index (χ2n) is 5.38. The Kier molecular flexibility index (Phi) is 3.68. The smallest absolute Gasteiger partial charge is 0.256 e. The quantitative estimate of drug-likeness (QED) is 0.692. The van der Waals surface area contributed by atoms with Crippen LogP contribution in [-0.4, -0.2) is 19.6 Å². The molecule has 0 bridgehead atoms. The molecule has 0 amide bonds. The van der Waals surface area contributed by atoms with Gasteiger partial charge in [-0.1, -0.05) is 35.5 Å². The number of rotatable bonds is 3. The summed E-state index contributed by atoms with van der Waals surface area (Å²) < 4.78 is 2.02. The van der Waals surface area contributed by atoms with E-state index < -0.39 is 0 Å². The van der Waals surface area contributed by atoms with Crippen molar-refractivity contribution >= 4 is 17.5 Å². The van der Waals surface area contributed by atoms with Crippen molar-refractivity contribution in [3.05, 3.63) is 52.3 Å². The molecular weight excluding hydrogens is 280 g/mol. The molecule has 4 nitrogen and oxygen atoms in total. The van der Waals surface area contributed by atoms with Gasteiger partial charge in [0.2, 0.25) is 0 Å². The van der Waals surface area contributed by atoms with Crippen molar-refractivity contribution in [3.8, 4) is 0 Å². The molecule has 3 aromatic rings. The first-order valence-electron chi connectivity index (χ1n) is 6.93. The van der Waals surface area contributed by atoms with Crippen LogP contribution in [-0.2, 0) is 5.75 Å². The fourth-order valence-electron chi connectivity index (χ4n) is 2.39. The molecule has 0 spiro atoms. The van der Waals surface area contributed by atoms with Crippen LogP contribution in [0.15, 0.2) is 29.4 Å². The molecule has 0 atom stereocenters. The third kappa shape index (κ3) is 2.78. The fraction of sp³-hybridized carbons (Fsp3) is 0.312. The van der Waals surface area contributed by atoms with Crippen LogP contribution in [0.1, 0.15) is 28.1 Å². The van der Waals surface area contributed by atoms with E-state index >= 15 is 0 Å². The van der Waals surface area contributed by atoms with E-state index in [0.717, 1.165) is 22.3 Å². The van der Waals surface area contributed by atoms with Crippen LogP contribution < -0.4 is 0 Å². The summed E-state index contributed by atoms with van der Waals surface area (Å²) in [6.45, 7) is 8.31. The molecule has 2 heterocycles. The molecule has 0 aliphatic heterocycles. The van der Waals surface area contributed by atoms with Crippen LogP contribution in [0.4, 0.5) is 0 Å². The highest BCUT2D eigenvalue weighted by Crippen LogP contribution is 2.24. The van der Waals surface area contributed by atoms with Crippen molar-refractivity contribution in [1.29, 1.82) is 0 Å². The van der Waals surface area contributed by atoms with Gasteiger partial charge in [-0.2, -0.15) is 0 Å². The van der Waals surface area contributed by atoms with E-state index in [2.05, 4.69) is 60.2 Å². The number of nitrogens with zero attached hydrogens (tertiary/aromatic N) is 4. The maximum Gasteiger partial charge on any atom is 0.256 e. The second kappa shape index (κ2) is 5.48. The Morgan fingerprint density at radius 1 is 1.05 bits per heavy atom. The van der Waals surface area contributed by atoms with Crippen LogP contribution in [0.25, 0.3) is 5.78 Å². The first-order valence-corrected chi connectivity index (χ1v) is 7.91. The molecular formula is C16H18N4S. The zero-order valence-electron chi connectivity index (χ0n) is 12.7. The van der Waals surface area contributed by atoms with Crippen molar-refractivity contribution in [2.75, 3.05) is 0 Å². The van der Waals surface area contributed by atoms with E-state index in [1.54, 1.807) is 11.8 Å². The lowest BCUT2D eigenvalue weighted by Crippen LogP contribution is -1.98. The maximum atomic E-state index is 4.42. The summed E-state index contributed by atoms with van der Waals surface area (Å²) in [6.07, 6.45) is 0. The Hall–Kier alpha value is -1.88. The number of hydrogen-bond donors (Lipinski definition) is 0. The lowest BCUT2D eigenvalue weighted by molar-refractivity contribution is 0.886. The number of thioether (sulfide) groups is 1. The number of aryl methyl sites for hydroxylation is 4. The average Bonchev–Trinajstić information content (AvgIpc) is 2.83. The van der Waals surface area contributed by atoms with Gasteiger partial charge < -0.3 is 0 Å². The topological polar surface area (TPSA) is 43.1 Å². The first-order chi connectivity index (χ1) is 10.0. The molecule has 0 N–H and O–H groups in total. The van der Waals surface area contributed by atoms with Crippen LogP contribution in [0, 0.1) is 27.7 Å². The van der Waals surface area contributed by atoms with Crippen LogP contribution in [0.3, 0.4) is 0 Å². The van der Waals surface area contributed by atoms with Crippen LogP contribution in [0.2, 0.25) is 0 Å². The van der Waals surface area contributed by atoms with Crippen molar-refractivity contribution < 1.29 is 0 Å². The molecule has 0 unspecified atom stereocenters. The van der Waals surface area contributed by atoms with Crippen molar-refractivity contribution in [2.45, 2.75) is 38.6 Å². The summed E-state index contributed by atoms with van der Waals surface area (Å²) in [6, 6.07) is 8.61. The van der Waals surface area contributed by atoms with E-state index in [-0.39, 0.29) is 0 Å². The molecule has 1 aromatic carbocycles. The molecule has 21 heavy (non-hydrogen) atoms. The Bertz CT molecular complexity index is 807. The van der Waals surface area contributed by atoms with Gasteiger partial charge in [-0.25, -0.2) is 4.98 Å². The molecule has 0 aliphatic carbocycles. The molecule has 0 radical (unpaired) electrons. The second-order valence-corrected chi connectivity index (χ2v) is 6.32. The Morgan fingerprint density at radius 3 is 2.67 bits per heavy atom. The van der Waals surface area contributed by atoms with E-state index in [0.29, 0.717) is 5.78 Å². The van der Waals surface area contributed by atoms with Gasteiger partial charge in [0, 0.05) is 17.1 Å². The number of aromatic nitrogens is 4. The first kappa shape index (κ1) is 14.1. The highest BCUT2D eigenvalue weighted by Gasteiger charge is 2.11. The molecule has 3 rings (SSSR count). The summed E-state index contributed by atoms with van der Waals surface area (Å²) in [5, 5.41) is 9.35. The van der Waals surface area contributed by atoms with Gasteiger partial charge in [-0.15, -0.1) is 10.2 Å². The van der Waals surface area contributed by atoms with E-state index in [1.807, 2.05) is 11.3 Å². The Labute approximate surface area is 128 Å². The summed E-state index contributed by atoms with van der Waals surface area (Å²) in [4.78, 5) is 4.42. The van der Waals surface area contributed by atoms with Crippen molar-refractivity contribution in [2.24, 2.45) is 0 Å². The number of fused-ring (bicyclic) bond motifs is 1. The lowest BCUT2D eigenvalue weighted by atomic mass is 10.1. The summed E-state index contributed by atoms with van der Waals surface area (Å²) in [5.74, 6) is 1.57. The van der Waals surface area contributed by atoms with Crippen molar-refractivity contribution in [1.82, 2.24) is 19.6 Å². The molecule has 0 saturated carbocycles. The van der Waals surface area contributed by atoms with Gasteiger partial charge in [0.15, 0.2) is 5.16 Å². The van der Waals surface area contributed by atoms with Gasteiger partial charge in [0.25, 0.3) is 5.78 Å². The summed E-state index contributed by atoms with van der Waals surface area (Å²) in [5.41, 5.74) is 6.03. The van der Waals surface area contributed by atoms with Crippen LogP contribution >= 0.6 is 11.8 Å². The van der Waals surface area contributed by atoms with Crippen molar-refractivity contribution in [3.63, 3.8) is 0 Å². The van der Waals surface area contributed by atoms with Gasteiger partial charge in [-0.05, 0) is 44.9 Å². The van der Waals surface area contributed by atoms with Gasteiger partial charge in [0.05, 0.1) is 0 Å². The number of hydrogen-bond acceptors (Lipinski definition) is 4. The molecule has 2 aromatic heterocycles. The Morgan fingerprint density at radius 2 is 1.86 bits per heavy atom. The fourth-order valence-corrected chi connectivity index (χ4v) is 3.44. The largest absolute Gasteiger partial charge is 0.259 e. The minimum absolute atomic E-state index is 0.677. The maximum absolute atomic E-state index is 4.42. The molecule has 108 valence electrons. The van der Waals surface area contributed by atoms with Gasteiger partial charge >= 0.3 is 0 Å². The summed E-state index contributed by atoms with van der Waals surface area (Å²) >= 11 is 1.70. The summed E-state index contributed by atoms with van der Waals surface area (Å²) in [7, 11) is 0. The number of benzene rings is 1. The van der Waals surface area contributed by atoms with E-state index in [9.17, 15) is 0 Å². The third-order valence-electron chi connectivity index (χ3n) is 3.52. The van der Waals surface area contributed by atoms with Gasteiger partial charge in [0.1, 0.15) is 0 Å². The van der Waals surface area contributed by atoms with E-state index in [4.69, 9.17) is 0 Å². The Balaban J connectivity index is 1.90. The molecule has 0 fully saturated rings. The SMILES string of the molecule is Cc1ccc(C)c(CSc2nnc3nc(C)cc(C)n23)c1. The van der Waals surface area contributed by atoms with Crippen LogP contribution in [0.5, 0.6) is 0 Å². The zero-order valence-corrected chi connectivity index (χ0v) is 13.5. The third-order valence-corrected chi connectivity index (χ3v) is 4.50. The minimum Gasteiger partial charge on any atom is -0.259 e. The highest BCUT2D eigenvalue weighted by molar-refractivity contribution is 7.98. The predicted molar refractivity (Wildman–Crippen MR) is 85.7 cm³/mol. The zero-order chi connectivity index (χ0) is 15.0. The molecule has 0 saturated heterocycles. The lowest BCUT2D eigenvalue weighted by Gasteiger charge is -2.07. The molecule has 5 heteroatoms. The molecule has 0 aliphatic rings. The predicted octanol–water partition coefficient (Wildman–Crippen LogP) is 3.65. The average molecular weight is 298 g/mol. The highest BCUT2D eigenvalue weighted by atomic mass is 32.2. The standard InChI is InChI=1S/C16H18N4S/c1-10-5-6-11(2)14(7-10)9-21-16-19-18-15-17-12(3)8-13(4)20(15)16/h5-8H,9H2,1-4H3. The monoisotopic (exact) mass is 298 g/mol. The van der Waals surface area contributed by atoms with Gasteiger partial charge in [-0.3, -0.25) is 4.40 Å². The van der Waals surface area contributed by atoms with E-state index in [1.165, 1.54) is 16.7 Å². The minimum atomic E-state index is 0.677. The normalized spacial score (nSPS) is 11.2.